The van der Waals surface area contributed by atoms with E-state index in [0.717, 1.165) is 16.3 Å². The van der Waals surface area contributed by atoms with Crippen molar-refractivity contribution in [3.05, 3.63) is 42.0 Å². The van der Waals surface area contributed by atoms with Crippen LogP contribution in [-0.4, -0.2) is 37.4 Å². The molecule has 0 spiro atoms. The molecule has 4 rings (SSSR count). The number of H-pyrrole nitrogens is 1. The molecule has 0 radical (unpaired) electrons. The van der Waals surface area contributed by atoms with Gasteiger partial charge in [-0.15, -0.1) is 0 Å². The van der Waals surface area contributed by atoms with Crippen molar-refractivity contribution in [1.29, 1.82) is 0 Å². The van der Waals surface area contributed by atoms with Gasteiger partial charge in [-0.3, -0.25) is 4.99 Å². The Morgan fingerprint density at radius 3 is 2.62 bits per heavy atom. The molecule has 2 heterocycles. The Morgan fingerprint density at radius 1 is 1.29 bits per heavy atom. The zero-order valence-electron chi connectivity index (χ0n) is 13.2. The molecule has 3 unspecified atom stereocenters. The van der Waals surface area contributed by atoms with Gasteiger partial charge in [0.1, 0.15) is 11.0 Å². The average Bonchev–Trinajstić information content (AvgIpc) is 2.53. The Hall–Kier alpha value is -2.64. The largest absolute Gasteiger partial charge is 0.546 e. The van der Waals surface area contributed by atoms with E-state index in [0.29, 0.717) is 5.52 Å². The standard InChI is InChI=1S/C17H17N3O4/c1-16(14(22)23)13(21)17(2,24)20-11-8-4-6-9-5-3-7-10(12(9)11)18-15(20)19-16/h3-8,13,21,24H,1-2H3,(H,18,19)(H,22,23). The monoisotopic (exact) mass is 327 g/mol. The van der Waals surface area contributed by atoms with Gasteiger partial charge in [0.25, 0.3) is 0 Å². The van der Waals surface area contributed by atoms with Crippen LogP contribution in [0.3, 0.4) is 0 Å². The van der Waals surface area contributed by atoms with Crippen LogP contribution in [0.2, 0.25) is 0 Å². The van der Waals surface area contributed by atoms with E-state index in [1.54, 1.807) is 0 Å². The molecular formula is C17H17N3O4. The second-order valence-electron chi connectivity index (χ2n) is 6.60. The summed E-state index contributed by atoms with van der Waals surface area (Å²) in [5, 5.41) is 35.0. The van der Waals surface area contributed by atoms with Crippen molar-refractivity contribution in [1.82, 2.24) is 9.55 Å². The molecule has 7 heteroatoms. The smallest absolute Gasteiger partial charge is 0.359 e. The molecule has 1 aliphatic rings. The molecule has 0 saturated heterocycles. The van der Waals surface area contributed by atoms with E-state index in [9.17, 15) is 20.1 Å². The second-order valence-corrected chi connectivity index (χ2v) is 6.60. The molecule has 0 saturated carbocycles. The molecule has 0 fully saturated rings. The maximum atomic E-state index is 11.6. The topological polar surface area (TPSA) is 115 Å². The molecule has 1 aromatic heterocycles. The highest BCUT2D eigenvalue weighted by Gasteiger charge is 2.53. The van der Waals surface area contributed by atoms with E-state index in [4.69, 9.17) is 0 Å². The summed E-state index contributed by atoms with van der Waals surface area (Å²) < 4.78 is 1.48. The number of carboxylic acids is 1. The van der Waals surface area contributed by atoms with Crippen molar-refractivity contribution in [3.63, 3.8) is 0 Å². The first-order valence-electron chi connectivity index (χ1n) is 7.63. The van der Waals surface area contributed by atoms with Crippen LogP contribution in [0.15, 0.2) is 36.4 Å². The van der Waals surface area contributed by atoms with Crippen LogP contribution in [0, 0.1) is 0 Å². The molecule has 7 nitrogen and oxygen atoms in total. The minimum Gasteiger partial charge on any atom is -0.546 e. The maximum absolute atomic E-state index is 11.6. The third kappa shape index (κ3) is 1.68. The van der Waals surface area contributed by atoms with Crippen molar-refractivity contribution < 1.29 is 25.1 Å². The second kappa shape index (κ2) is 4.46. The highest BCUT2D eigenvalue weighted by Crippen LogP contribution is 2.30. The fourth-order valence-electron chi connectivity index (χ4n) is 3.62. The summed E-state index contributed by atoms with van der Waals surface area (Å²) in [6.45, 7) is 2.67. The van der Waals surface area contributed by atoms with E-state index in [1.807, 2.05) is 36.4 Å². The fourth-order valence-corrected chi connectivity index (χ4v) is 3.62. The molecule has 2 aromatic carbocycles. The van der Waals surface area contributed by atoms with Crippen LogP contribution in [0.1, 0.15) is 13.8 Å². The van der Waals surface area contributed by atoms with Crippen LogP contribution in [0.4, 0.5) is 0 Å². The van der Waals surface area contributed by atoms with Gasteiger partial charge in [-0.2, -0.15) is 4.57 Å². The average molecular weight is 327 g/mol. The Kier molecular flexibility index (Phi) is 2.77. The van der Waals surface area contributed by atoms with Crippen LogP contribution in [0.5, 0.6) is 0 Å². The molecule has 0 aliphatic carbocycles. The number of carbonyl (C=O) groups excluding carboxylic acids is 1. The molecule has 3 aromatic rings. The first-order chi connectivity index (χ1) is 11.3. The summed E-state index contributed by atoms with van der Waals surface area (Å²) in [5.41, 5.74) is -1.96. The molecule has 3 atom stereocenters. The number of carbonyl (C=O) groups is 1. The summed E-state index contributed by atoms with van der Waals surface area (Å²) in [4.78, 5) is 17.5. The van der Waals surface area contributed by atoms with Gasteiger partial charge in [0.05, 0.1) is 11.4 Å². The zero-order chi connectivity index (χ0) is 17.3. The van der Waals surface area contributed by atoms with Gasteiger partial charge >= 0.3 is 5.62 Å². The number of fused-ring (bicyclic) bond motifs is 2. The Bertz CT molecular complexity index is 1060. The first kappa shape index (κ1) is 14.9. The fraction of sp³-hybridized carbons (Fsp3) is 0.294. The van der Waals surface area contributed by atoms with Crippen LogP contribution >= 0.6 is 0 Å². The number of hydrogen-bond donors (Lipinski definition) is 4. The number of hydrogen-bond acceptors (Lipinski definition) is 4. The van der Waals surface area contributed by atoms with Gasteiger partial charge < -0.3 is 20.1 Å². The predicted molar refractivity (Wildman–Crippen MR) is 83.2 cm³/mol. The SMILES string of the molecule is CC1(C(=O)[O-])[NH+]=c2[nH]c3cccc4cccc(c43)n2C(C)(O)C1O. The van der Waals surface area contributed by atoms with E-state index < -0.39 is 23.3 Å². The molecular weight excluding hydrogens is 310 g/mol. The summed E-state index contributed by atoms with van der Waals surface area (Å²) in [7, 11) is 0. The zero-order valence-corrected chi connectivity index (χ0v) is 13.2. The minimum absolute atomic E-state index is 0.281. The highest BCUT2D eigenvalue weighted by molar-refractivity contribution is 6.06. The molecule has 24 heavy (non-hydrogen) atoms. The number of aliphatic hydroxyl groups excluding tert-OH is 1. The lowest BCUT2D eigenvalue weighted by molar-refractivity contribution is -0.618. The molecule has 4 N–H and O–H groups in total. The van der Waals surface area contributed by atoms with E-state index in [1.165, 1.54) is 18.4 Å². The van der Waals surface area contributed by atoms with Gasteiger partial charge in [0, 0.05) is 6.92 Å². The summed E-state index contributed by atoms with van der Waals surface area (Å²) in [5.74, 6) is -1.50. The lowest BCUT2D eigenvalue weighted by Gasteiger charge is -2.41. The van der Waals surface area contributed by atoms with Crippen molar-refractivity contribution in [3.8, 4) is 0 Å². The lowest BCUT2D eigenvalue weighted by Crippen LogP contribution is -3.01. The van der Waals surface area contributed by atoms with Crippen LogP contribution < -0.4 is 15.7 Å². The third-order valence-corrected chi connectivity index (χ3v) is 4.92. The van der Waals surface area contributed by atoms with E-state index in [-0.39, 0.29) is 5.62 Å². The number of aliphatic hydroxyl groups is 2. The summed E-state index contributed by atoms with van der Waals surface area (Å²) in [6, 6.07) is 11.3. The number of aliphatic carboxylic acids is 1. The quantitative estimate of drug-likeness (QED) is 0.401. The van der Waals surface area contributed by atoms with Crippen molar-refractivity contribution in [2.75, 3.05) is 0 Å². The van der Waals surface area contributed by atoms with Gasteiger partial charge in [0.15, 0.2) is 11.6 Å². The van der Waals surface area contributed by atoms with Crippen molar-refractivity contribution in [2.24, 2.45) is 0 Å². The number of nitrogens with zero attached hydrogens (tertiary/aromatic N) is 1. The maximum Gasteiger partial charge on any atom is 0.359 e. The van der Waals surface area contributed by atoms with Crippen molar-refractivity contribution >= 4 is 27.8 Å². The third-order valence-electron chi connectivity index (χ3n) is 4.92. The van der Waals surface area contributed by atoms with Crippen LogP contribution in [-0.2, 0) is 10.5 Å². The Morgan fingerprint density at radius 2 is 1.96 bits per heavy atom. The first-order valence-corrected chi connectivity index (χ1v) is 7.63. The molecule has 0 bridgehead atoms. The van der Waals surface area contributed by atoms with Gasteiger partial charge in [-0.05, 0) is 24.4 Å². The summed E-state index contributed by atoms with van der Waals surface area (Å²) in [6.07, 6.45) is -1.62. The van der Waals surface area contributed by atoms with E-state index in [2.05, 4.69) is 9.98 Å². The normalized spacial score (nSPS) is 29.4. The van der Waals surface area contributed by atoms with Gasteiger partial charge in [-0.1, -0.05) is 24.3 Å². The number of nitrogens with one attached hydrogen (secondary N) is 2. The minimum atomic E-state index is -1.86. The number of aromatic amines is 1. The Balaban J connectivity index is 2.26. The Labute approximate surface area is 136 Å². The van der Waals surface area contributed by atoms with Gasteiger partial charge in [-0.25, -0.2) is 4.98 Å². The molecule has 1 aliphatic heterocycles. The van der Waals surface area contributed by atoms with Crippen molar-refractivity contribution in [2.45, 2.75) is 31.2 Å². The lowest BCUT2D eigenvalue weighted by atomic mass is 9.86. The number of benzene rings is 2. The molecule has 124 valence electrons. The summed E-state index contributed by atoms with van der Waals surface area (Å²) >= 11 is 0. The molecule has 0 amide bonds. The number of rotatable bonds is 1. The number of aromatic nitrogens is 2. The van der Waals surface area contributed by atoms with E-state index >= 15 is 0 Å². The van der Waals surface area contributed by atoms with Gasteiger partial charge in [0.2, 0.25) is 5.72 Å². The van der Waals surface area contributed by atoms with Crippen LogP contribution in [0.25, 0.3) is 21.8 Å². The highest BCUT2D eigenvalue weighted by atomic mass is 16.4. The number of carboxylic acid groups (broad SMARTS) is 1. The predicted octanol–water partition coefficient (Wildman–Crippen LogP) is -2.35.